The Hall–Kier alpha value is -1.33. The minimum Gasteiger partial charge on any atom is -0.312 e. The maximum absolute atomic E-state index is 13.1. The van der Waals surface area contributed by atoms with Crippen LogP contribution in [0.1, 0.15) is 17.0 Å². The SMILES string of the molecule is Cc1nc(-c2ccc(F)cc2Br)nc2c1CNCC2. The van der Waals surface area contributed by atoms with E-state index in [4.69, 9.17) is 0 Å². The molecule has 0 spiro atoms. The Morgan fingerprint density at radius 3 is 2.95 bits per heavy atom. The predicted octanol–water partition coefficient (Wildman–Crippen LogP) is 3.00. The van der Waals surface area contributed by atoms with Crippen LogP contribution >= 0.6 is 15.9 Å². The molecule has 19 heavy (non-hydrogen) atoms. The highest BCUT2D eigenvalue weighted by atomic mass is 79.9. The highest BCUT2D eigenvalue weighted by molar-refractivity contribution is 9.10. The molecule has 0 radical (unpaired) electrons. The summed E-state index contributed by atoms with van der Waals surface area (Å²) in [7, 11) is 0. The Kier molecular flexibility index (Phi) is 3.33. The summed E-state index contributed by atoms with van der Waals surface area (Å²) in [6, 6.07) is 4.58. The van der Waals surface area contributed by atoms with E-state index >= 15 is 0 Å². The Bertz CT molecular complexity index is 643. The van der Waals surface area contributed by atoms with Crippen molar-refractivity contribution in [3.63, 3.8) is 0 Å². The van der Waals surface area contributed by atoms with Gasteiger partial charge >= 0.3 is 0 Å². The van der Waals surface area contributed by atoms with Crippen molar-refractivity contribution in [1.29, 1.82) is 0 Å². The van der Waals surface area contributed by atoms with E-state index in [0.717, 1.165) is 36.5 Å². The van der Waals surface area contributed by atoms with Crippen molar-refractivity contribution in [3.8, 4) is 11.4 Å². The van der Waals surface area contributed by atoms with Crippen LogP contribution in [-0.4, -0.2) is 16.5 Å². The van der Waals surface area contributed by atoms with Gasteiger partial charge in [-0.3, -0.25) is 0 Å². The second-order valence-electron chi connectivity index (χ2n) is 4.61. The first-order valence-corrected chi connectivity index (χ1v) is 6.97. The van der Waals surface area contributed by atoms with Crippen LogP contribution in [-0.2, 0) is 13.0 Å². The number of halogens is 2. The summed E-state index contributed by atoms with van der Waals surface area (Å²) >= 11 is 3.37. The van der Waals surface area contributed by atoms with Crippen LogP contribution in [0.15, 0.2) is 22.7 Å². The quantitative estimate of drug-likeness (QED) is 0.877. The summed E-state index contributed by atoms with van der Waals surface area (Å²) in [5.41, 5.74) is 4.10. The van der Waals surface area contributed by atoms with Crippen molar-refractivity contribution in [2.24, 2.45) is 0 Å². The molecule has 1 aromatic heterocycles. The lowest BCUT2D eigenvalue weighted by Crippen LogP contribution is -2.26. The first kappa shape index (κ1) is 12.7. The number of nitrogens with one attached hydrogen (secondary N) is 1. The van der Waals surface area contributed by atoms with Gasteiger partial charge in [0, 0.05) is 40.8 Å². The van der Waals surface area contributed by atoms with Gasteiger partial charge in [0.2, 0.25) is 0 Å². The zero-order valence-electron chi connectivity index (χ0n) is 10.5. The van der Waals surface area contributed by atoms with E-state index in [2.05, 4.69) is 31.2 Å². The molecule has 2 heterocycles. The van der Waals surface area contributed by atoms with Crippen LogP contribution in [0.5, 0.6) is 0 Å². The first-order valence-electron chi connectivity index (χ1n) is 6.17. The Morgan fingerprint density at radius 2 is 2.16 bits per heavy atom. The maximum Gasteiger partial charge on any atom is 0.160 e. The molecule has 3 rings (SSSR count). The number of benzene rings is 1. The molecule has 0 atom stereocenters. The number of aromatic nitrogens is 2. The van der Waals surface area contributed by atoms with E-state index < -0.39 is 0 Å². The van der Waals surface area contributed by atoms with Gasteiger partial charge in [-0.2, -0.15) is 0 Å². The molecule has 0 fully saturated rings. The summed E-state index contributed by atoms with van der Waals surface area (Å²) in [6.45, 7) is 3.76. The molecule has 2 aromatic rings. The second-order valence-corrected chi connectivity index (χ2v) is 5.46. The summed E-state index contributed by atoms with van der Waals surface area (Å²) < 4.78 is 13.8. The third-order valence-corrected chi connectivity index (χ3v) is 3.97. The van der Waals surface area contributed by atoms with E-state index in [-0.39, 0.29) is 5.82 Å². The molecule has 1 N–H and O–H groups in total. The van der Waals surface area contributed by atoms with E-state index in [1.165, 1.54) is 17.7 Å². The molecule has 1 aromatic carbocycles. The third-order valence-electron chi connectivity index (χ3n) is 3.31. The lowest BCUT2D eigenvalue weighted by molar-refractivity contribution is 0.621. The molecule has 1 aliphatic rings. The van der Waals surface area contributed by atoms with Crippen LogP contribution in [0.3, 0.4) is 0 Å². The normalized spacial score (nSPS) is 14.3. The molecule has 1 aliphatic heterocycles. The van der Waals surface area contributed by atoms with Crippen molar-refractivity contribution < 1.29 is 4.39 Å². The number of hydrogen-bond acceptors (Lipinski definition) is 3. The van der Waals surface area contributed by atoms with Gasteiger partial charge in [0.15, 0.2) is 5.82 Å². The average Bonchev–Trinajstić information content (AvgIpc) is 2.38. The number of hydrogen-bond donors (Lipinski definition) is 1. The summed E-state index contributed by atoms with van der Waals surface area (Å²) in [5, 5.41) is 3.32. The second kappa shape index (κ2) is 4.98. The fourth-order valence-corrected chi connectivity index (χ4v) is 2.83. The van der Waals surface area contributed by atoms with Gasteiger partial charge in [-0.25, -0.2) is 14.4 Å². The topological polar surface area (TPSA) is 37.8 Å². The lowest BCUT2D eigenvalue weighted by atomic mass is 10.1. The standard InChI is InChI=1S/C14H13BrFN3/c1-8-11-7-17-5-4-13(11)19-14(18-8)10-3-2-9(16)6-12(10)15/h2-3,6,17H,4-5,7H2,1H3. The zero-order valence-corrected chi connectivity index (χ0v) is 12.1. The highest BCUT2D eigenvalue weighted by Gasteiger charge is 2.17. The third kappa shape index (κ3) is 2.40. The fraction of sp³-hybridized carbons (Fsp3) is 0.286. The molecule has 0 saturated carbocycles. The molecule has 3 nitrogen and oxygen atoms in total. The van der Waals surface area contributed by atoms with Gasteiger partial charge in [-0.15, -0.1) is 0 Å². The molecular weight excluding hydrogens is 309 g/mol. The molecule has 0 aliphatic carbocycles. The fourth-order valence-electron chi connectivity index (χ4n) is 2.30. The van der Waals surface area contributed by atoms with Gasteiger partial charge in [0.05, 0.1) is 5.69 Å². The van der Waals surface area contributed by atoms with Crippen LogP contribution in [0.25, 0.3) is 11.4 Å². The van der Waals surface area contributed by atoms with E-state index in [9.17, 15) is 4.39 Å². The summed E-state index contributed by atoms with van der Waals surface area (Å²) in [6.07, 6.45) is 0.907. The smallest absolute Gasteiger partial charge is 0.160 e. The number of fused-ring (bicyclic) bond motifs is 1. The molecular formula is C14H13BrFN3. The Morgan fingerprint density at radius 1 is 1.32 bits per heavy atom. The van der Waals surface area contributed by atoms with Gasteiger partial charge in [-0.1, -0.05) is 0 Å². The first-order chi connectivity index (χ1) is 9.15. The van der Waals surface area contributed by atoms with Gasteiger partial charge < -0.3 is 5.32 Å². The largest absolute Gasteiger partial charge is 0.312 e. The monoisotopic (exact) mass is 321 g/mol. The summed E-state index contributed by atoms with van der Waals surface area (Å²) in [5.74, 6) is 0.388. The molecule has 0 amide bonds. The molecule has 0 bridgehead atoms. The summed E-state index contributed by atoms with van der Waals surface area (Å²) in [4.78, 5) is 9.17. The Balaban J connectivity index is 2.13. The molecule has 0 unspecified atom stereocenters. The van der Waals surface area contributed by atoms with E-state index in [0.29, 0.717) is 10.3 Å². The van der Waals surface area contributed by atoms with Crippen molar-refractivity contribution in [3.05, 3.63) is 45.4 Å². The van der Waals surface area contributed by atoms with Crippen molar-refractivity contribution in [1.82, 2.24) is 15.3 Å². The van der Waals surface area contributed by atoms with Gasteiger partial charge in [0.1, 0.15) is 5.82 Å². The zero-order chi connectivity index (χ0) is 13.4. The van der Waals surface area contributed by atoms with Crippen LogP contribution in [0.2, 0.25) is 0 Å². The van der Waals surface area contributed by atoms with Crippen molar-refractivity contribution in [2.45, 2.75) is 19.9 Å². The van der Waals surface area contributed by atoms with E-state index in [1.54, 1.807) is 6.07 Å². The van der Waals surface area contributed by atoms with Crippen LogP contribution < -0.4 is 5.32 Å². The average molecular weight is 322 g/mol. The predicted molar refractivity (Wildman–Crippen MR) is 75.3 cm³/mol. The minimum absolute atomic E-state index is 0.269. The molecule has 98 valence electrons. The van der Waals surface area contributed by atoms with Crippen LogP contribution in [0.4, 0.5) is 4.39 Å². The Labute approximate surface area is 119 Å². The van der Waals surface area contributed by atoms with Gasteiger partial charge in [-0.05, 0) is 41.1 Å². The highest BCUT2D eigenvalue weighted by Crippen LogP contribution is 2.28. The number of aryl methyl sites for hydroxylation is 1. The maximum atomic E-state index is 13.1. The van der Waals surface area contributed by atoms with Gasteiger partial charge in [0.25, 0.3) is 0 Å². The molecule has 5 heteroatoms. The van der Waals surface area contributed by atoms with Crippen LogP contribution in [0, 0.1) is 12.7 Å². The number of rotatable bonds is 1. The number of nitrogens with zero attached hydrogens (tertiary/aromatic N) is 2. The van der Waals surface area contributed by atoms with E-state index in [1.807, 2.05) is 6.92 Å². The molecule has 0 saturated heterocycles. The minimum atomic E-state index is -0.269. The lowest BCUT2D eigenvalue weighted by Gasteiger charge is -2.19. The van der Waals surface area contributed by atoms with Crippen molar-refractivity contribution >= 4 is 15.9 Å². The van der Waals surface area contributed by atoms with Crippen molar-refractivity contribution in [2.75, 3.05) is 6.54 Å².